The van der Waals surface area contributed by atoms with Crippen LogP contribution in [-0.2, 0) is 10.0 Å². The topological polar surface area (TPSA) is 105 Å². The summed E-state index contributed by atoms with van der Waals surface area (Å²) in [6.45, 7) is 3.96. The molecule has 2 aromatic carbocycles. The summed E-state index contributed by atoms with van der Waals surface area (Å²) in [6, 6.07) is 15.8. The summed E-state index contributed by atoms with van der Waals surface area (Å²) in [7, 11) is -2.14. The molecule has 0 radical (unpaired) electrons. The first kappa shape index (κ1) is 20.6. The van der Waals surface area contributed by atoms with E-state index in [4.69, 9.17) is 4.74 Å². The number of benzene rings is 2. The zero-order valence-electron chi connectivity index (χ0n) is 16.4. The van der Waals surface area contributed by atoms with Crippen LogP contribution in [0.15, 0.2) is 65.8 Å². The highest BCUT2D eigenvalue weighted by Crippen LogP contribution is 2.23. The highest BCUT2D eigenvalue weighted by Gasteiger charge is 2.11. The summed E-state index contributed by atoms with van der Waals surface area (Å²) in [5.41, 5.74) is 1.45. The number of hydrogen-bond acceptors (Lipinski definition) is 7. The largest absolute Gasteiger partial charge is 0.491 e. The molecule has 29 heavy (non-hydrogen) atoms. The number of nitrogens with zero attached hydrogens (tertiary/aromatic N) is 2. The van der Waals surface area contributed by atoms with Crippen LogP contribution in [-0.4, -0.2) is 31.5 Å². The predicted molar refractivity (Wildman–Crippen MR) is 113 cm³/mol. The van der Waals surface area contributed by atoms with Crippen molar-refractivity contribution >= 4 is 33.0 Å². The van der Waals surface area contributed by atoms with E-state index >= 15 is 0 Å². The van der Waals surface area contributed by atoms with Gasteiger partial charge in [-0.1, -0.05) is 6.07 Å². The molecule has 3 aromatic rings. The van der Waals surface area contributed by atoms with Gasteiger partial charge < -0.3 is 15.4 Å². The van der Waals surface area contributed by atoms with Gasteiger partial charge in [-0.25, -0.2) is 23.1 Å². The fraction of sp³-hybridized carbons (Fsp3) is 0.200. The summed E-state index contributed by atoms with van der Waals surface area (Å²) >= 11 is 0. The first-order valence-corrected chi connectivity index (χ1v) is 10.5. The maximum absolute atomic E-state index is 12.0. The zero-order chi connectivity index (χ0) is 20.9. The first-order chi connectivity index (χ1) is 13.9. The van der Waals surface area contributed by atoms with Crippen LogP contribution in [0.2, 0.25) is 0 Å². The van der Waals surface area contributed by atoms with Crippen molar-refractivity contribution in [1.82, 2.24) is 14.7 Å². The number of aromatic nitrogens is 2. The van der Waals surface area contributed by atoms with Crippen molar-refractivity contribution in [2.24, 2.45) is 0 Å². The van der Waals surface area contributed by atoms with Crippen LogP contribution in [0.4, 0.5) is 23.0 Å². The first-order valence-electron chi connectivity index (χ1n) is 9.02. The second kappa shape index (κ2) is 8.89. The summed E-state index contributed by atoms with van der Waals surface area (Å²) < 4.78 is 31.9. The molecule has 152 valence electrons. The lowest BCUT2D eigenvalue weighted by Gasteiger charge is -2.12. The standard InChI is InChI=1S/C20H23N5O3S/c1-14(2)28-17-9-7-15(8-10-17)24-19-12-20(23-13-22-19)25-16-5-4-6-18(11-16)29(26,27)21-3/h4-14,21H,1-3H3,(H2,22,23,24,25). The third kappa shape index (κ3) is 5.66. The van der Waals surface area contributed by atoms with E-state index in [0.29, 0.717) is 17.3 Å². The SMILES string of the molecule is CNS(=O)(=O)c1cccc(Nc2cc(Nc3ccc(OC(C)C)cc3)ncn2)c1. The van der Waals surface area contributed by atoms with Crippen LogP contribution in [0.3, 0.4) is 0 Å². The van der Waals surface area contributed by atoms with Crippen LogP contribution in [0.25, 0.3) is 0 Å². The van der Waals surface area contributed by atoms with Gasteiger partial charge in [0.1, 0.15) is 23.7 Å². The fourth-order valence-electron chi connectivity index (χ4n) is 2.54. The number of rotatable bonds is 8. The fourth-order valence-corrected chi connectivity index (χ4v) is 3.31. The Hall–Kier alpha value is -3.17. The predicted octanol–water partition coefficient (Wildman–Crippen LogP) is 3.66. The number of ether oxygens (including phenoxy) is 1. The summed E-state index contributed by atoms with van der Waals surface area (Å²) in [5.74, 6) is 1.92. The minimum atomic E-state index is -3.52. The normalized spacial score (nSPS) is 11.3. The number of hydrogen-bond donors (Lipinski definition) is 3. The third-order valence-electron chi connectivity index (χ3n) is 3.85. The lowest BCUT2D eigenvalue weighted by atomic mass is 10.3. The molecule has 0 atom stereocenters. The molecule has 0 bridgehead atoms. The molecule has 0 aliphatic rings. The average Bonchev–Trinajstić information content (AvgIpc) is 2.70. The van der Waals surface area contributed by atoms with Crippen molar-refractivity contribution in [2.45, 2.75) is 24.8 Å². The van der Waals surface area contributed by atoms with Crippen molar-refractivity contribution in [3.63, 3.8) is 0 Å². The molecule has 3 N–H and O–H groups in total. The molecule has 1 aromatic heterocycles. The molecule has 0 spiro atoms. The molecule has 8 nitrogen and oxygen atoms in total. The van der Waals surface area contributed by atoms with E-state index in [1.165, 1.54) is 25.5 Å². The van der Waals surface area contributed by atoms with Crippen LogP contribution in [0.1, 0.15) is 13.8 Å². The second-order valence-electron chi connectivity index (χ2n) is 6.46. The molecule has 0 aliphatic heterocycles. The van der Waals surface area contributed by atoms with Gasteiger partial charge in [-0.3, -0.25) is 0 Å². The third-order valence-corrected chi connectivity index (χ3v) is 5.26. The smallest absolute Gasteiger partial charge is 0.240 e. The zero-order valence-corrected chi connectivity index (χ0v) is 17.2. The molecule has 3 rings (SSSR count). The second-order valence-corrected chi connectivity index (χ2v) is 8.35. The van der Waals surface area contributed by atoms with E-state index in [9.17, 15) is 8.42 Å². The minimum Gasteiger partial charge on any atom is -0.491 e. The van der Waals surface area contributed by atoms with Crippen molar-refractivity contribution < 1.29 is 13.2 Å². The molecular weight excluding hydrogens is 390 g/mol. The van der Waals surface area contributed by atoms with Gasteiger partial charge in [0.05, 0.1) is 11.0 Å². The molecule has 0 fully saturated rings. The van der Waals surface area contributed by atoms with Crippen molar-refractivity contribution in [2.75, 3.05) is 17.7 Å². The van der Waals surface area contributed by atoms with Crippen molar-refractivity contribution in [3.8, 4) is 5.75 Å². The molecule has 9 heteroatoms. The monoisotopic (exact) mass is 413 g/mol. The van der Waals surface area contributed by atoms with Gasteiger partial charge in [-0.2, -0.15) is 0 Å². The highest BCUT2D eigenvalue weighted by molar-refractivity contribution is 7.89. The molecule has 1 heterocycles. The number of sulfonamides is 1. The average molecular weight is 414 g/mol. The van der Waals surface area contributed by atoms with Gasteiger partial charge in [-0.05, 0) is 63.4 Å². The van der Waals surface area contributed by atoms with E-state index < -0.39 is 10.0 Å². The van der Waals surface area contributed by atoms with Gasteiger partial charge in [-0.15, -0.1) is 0 Å². The van der Waals surface area contributed by atoms with Gasteiger partial charge >= 0.3 is 0 Å². The Morgan fingerprint density at radius 2 is 1.55 bits per heavy atom. The Morgan fingerprint density at radius 1 is 0.897 bits per heavy atom. The van der Waals surface area contributed by atoms with E-state index in [0.717, 1.165) is 11.4 Å². The summed E-state index contributed by atoms with van der Waals surface area (Å²) in [5, 5.41) is 6.30. The summed E-state index contributed by atoms with van der Waals surface area (Å²) in [4.78, 5) is 8.57. The Labute approximate surface area is 170 Å². The molecule has 0 unspecified atom stereocenters. The Morgan fingerprint density at radius 3 is 2.17 bits per heavy atom. The van der Waals surface area contributed by atoms with Crippen LogP contribution >= 0.6 is 0 Å². The Bertz CT molecular complexity index is 1070. The van der Waals surface area contributed by atoms with E-state index in [1.54, 1.807) is 18.2 Å². The quantitative estimate of drug-likeness (QED) is 0.517. The van der Waals surface area contributed by atoms with Gasteiger partial charge in [0.25, 0.3) is 0 Å². The molecule has 0 aliphatic carbocycles. The van der Waals surface area contributed by atoms with Crippen LogP contribution in [0, 0.1) is 0 Å². The minimum absolute atomic E-state index is 0.117. The molecule has 0 saturated carbocycles. The molecular formula is C20H23N5O3S. The van der Waals surface area contributed by atoms with Crippen LogP contribution in [0.5, 0.6) is 5.75 Å². The maximum atomic E-state index is 12.0. The van der Waals surface area contributed by atoms with E-state index in [1.807, 2.05) is 38.1 Å². The van der Waals surface area contributed by atoms with Crippen molar-refractivity contribution in [1.29, 1.82) is 0 Å². The Balaban J connectivity index is 1.72. The Kier molecular flexibility index (Phi) is 6.30. The lowest BCUT2D eigenvalue weighted by molar-refractivity contribution is 0.242. The maximum Gasteiger partial charge on any atom is 0.240 e. The van der Waals surface area contributed by atoms with Gasteiger partial charge in [0.2, 0.25) is 10.0 Å². The summed E-state index contributed by atoms with van der Waals surface area (Å²) in [6.07, 6.45) is 1.54. The number of anilines is 4. The molecule has 0 saturated heterocycles. The number of nitrogens with one attached hydrogen (secondary N) is 3. The van der Waals surface area contributed by atoms with Crippen molar-refractivity contribution in [3.05, 3.63) is 60.9 Å². The van der Waals surface area contributed by atoms with E-state index in [2.05, 4.69) is 25.3 Å². The van der Waals surface area contributed by atoms with Gasteiger partial charge in [0, 0.05) is 17.4 Å². The molecule has 0 amide bonds. The van der Waals surface area contributed by atoms with Crippen LogP contribution < -0.4 is 20.1 Å². The van der Waals surface area contributed by atoms with E-state index in [-0.39, 0.29) is 11.0 Å². The van der Waals surface area contributed by atoms with Gasteiger partial charge in [0.15, 0.2) is 0 Å². The lowest BCUT2D eigenvalue weighted by Crippen LogP contribution is -2.18. The highest BCUT2D eigenvalue weighted by atomic mass is 32.2.